The molecule has 2 rings (SSSR count). The monoisotopic (exact) mass is 201 g/mol. The fraction of sp³-hybridized carbons (Fsp3) is 0.154. The van der Waals surface area contributed by atoms with Gasteiger partial charge in [0.1, 0.15) is 18.1 Å². The van der Waals surface area contributed by atoms with E-state index in [0.29, 0.717) is 6.61 Å². The van der Waals surface area contributed by atoms with Crippen molar-refractivity contribution in [3.63, 3.8) is 0 Å². The predicted molar refractivity (Wildman–Crippen MR) is 58.9 cm³/mol. The molecule has 0 fully saturated rings. The van der Waals surface area contributed by atoms with Crippen LogP contribution in [0.3, 0.4) is 0 Å². The van der Waals surface area contributed by atoms with Gasteiger partial charge in [0.2, 0.25) is 0 Å². The number of aliphatic hydroxyl groups excluding tert-OH is 1. The van der Waals surface area contributed by atoms with Crippen LogP contribution in [0.2, 0.25) is 0 Å². The lowest BCUT2D eigenvalue weighted by Gasteiger charge is -2.11. The second-order valence-electron chi connectivity index (χ2n) is 3.39. The van der Waals surface area contributed by atoms with Crippen molar-refractivity contribution in [2.24, 2.45) is 0 Å². The molecule has 0 spiro atoms. The van der Waals surface area contributed by atoms with Crippen molar-refractivity contribution in [1.82, 2.24) is 0 Å². The molecule has 0 amide bonds. The highest BCUT2D eigenvalue weighted by atomic mass is 16.5. The third-order valence-electron chi connectivity index (χ3n) is 2.18. The zero-order chi connectivity index (χ0) is 10.5. The lowest BCUT2D eigenvalue weighted by Crippen LogP contribution is -1.97. The molecule has 15 heavy (non-hydrogen) atoms. The van der Waals surface area contributed by atoms with E-state index in [9.17, 15) is 5.11 Å². The van der Waals surface area contributed by atoms with Crippen LogP contribution in [0.1, 0.15) is 12.0 Å². The van der Waals surface area contributed by atoms with Gasteiger partial charge < -0.3 is 9.84 Å². The Hall–Kier alpha value is -1.70. The largest absolute Gasteiger partial charge is 0.512 e. The summed E-state index contributed by atoms with van der Waals surface area (Å²) in [5, 5.41) is 9.26. The Morgan fingerprint density at radius 3 is 2.73 bits per heavy atom. The van der Waals surface area contributed by atoms with Gasteiger partial charge in [-0.15, -0.1) is 0 Å². The van der Waals surface area contributed by atoms with E-state index in [4.69, 9.17) is 4.74 Å². The number of rotatable bonds is 3. The Bertz CT molecular complexity index is 377. The molecule has 0 saturated carbocycles. The minimum absolute atomic E-state index is 0.278. The Labute approximate surface area is 89.5 Å². The molecule has 1 radical (unpaired) electrons. The maximum absolute atomic E-state index is 9.26. The summed E-state index contributed by atoms with van der Waals surface area (Å²) in [6.45, 7) is 0.538. The van der Waals surface area contributed by atoms with Gasteiger partial charge in [-0.3, -0.25) is 0 Å². The van der Waals surface area contributed by atoms with Gasteiger partial charge in [0, 0.05) is 12.5 Å². The average molecular weight is 201 g/mol. The summed E-state index contributed by atoms with van der Waals surface area (Å²) in [5.74, 6) is 1.01. The van der Waals surface area contributed by atoms with Crippen molar-refractivity contribution in [3.8, 4) is 0 Å². The molecule has 2 heteroatoms. The van der Waals surface area contributed by atoms with Gasteiger partial charge in [-0.2, -0.15) is 0 Å². The SMILES string of the molecule is OC1=CC(OCc2ccccc2)=CC[CH]1. The summed E-state index contributed by atoms with van der Waals surface area (Å²) in [6, 6.07) is 9.96. The van der Waals surface area contributed by atoms with Gasteiger partial charge >= 0.3 is 0 Å². The molecular weight excluding hydrogens is 188 g/mol. The predicted octanol–water partition coefficient (Wildman–Crippen LogP) is 3.14. The number of ether oxygens (including phenoxy) is 1. The first-order chi connectivity index (χ1) is 7.34. The maximum Gasteiger partial charge on any atom is 0.119 e. The summed E-state index contributed by atoms with van der Waals surface area (Å²) in [5.41, 5.74) is 1.13. The summed E-state index contributed by atoms with van der Waals surface area (Å²) in [6.07, 6.45) is 6.05. The molecule has 0 heterocycles. The van der Waals surface area contributed by atoms with Gasteiger partial charge in [0.15, 0.2) is 0 Å². The van der Waals surface area contributed by atoms with Crippen molar-refractivity contribution in [2.45, 2.75) is 13.0 Å². The molecule has 1 aliphatic carbocycles. The Morgan fingerprint density at radius 1 is 1.20 bits per heavy atom. The number of hydrogen-bond acceptors (Lipinski definition) is 2. The maximum atomic E-state index is 9.26. The molecule has 0 aliphatic heterocycles. The van der Waals surface area contributed by atoms with Gasteiger partial charge in [0.25, 0.3) is 0 Å². The van der Waals surface area contributed by atoms with Crippen LogP contribution >= 0.6 is 0 Å². The zero-order valence-electron chi connectivity index (χ0n) is 8.39. The van der Waals surface area contributed by atoms with E-state index < -0.39 is 0 Å². The van der Waals surface area contributed by atoms with E-state index in [2.05, 4.69) is 0 Å². The van der Waals surface area contributed by atoms with E-state index in [0.717, 1.165) is 17.7 Å². The van der Waals surface area contributed by atoms with Crippen LogP contribution in [0.15, 0.2) is 54.0 Å². The molecule has 2 nitrogen and oxygen atoms in total. The molecular formula is C13H13O2. The number of benzene rings is 1. The summed E-state index contributed by atoms with van der Waals surface area (Å²) in [7, 11) is 0. The van der Waals surface area contributed by atoms with Gasteiger partial charge in [-0.1, -0.05) is 30.3 Å². The molecule has 1 aliphatic rings. The van der Waals surface area contributed by atoms with Crippen LogP contribution in [0.4, 0.5) is 0 Å². The molecule has 0 unspecified atom stereocenters. The summed E-state index contributed by atoms with van der Waals surface area (Å²) in [4.78, 5) is 0. The lowest BCUT2D eigenvalue weighted by molar-refractivity contribution is 0.206. The molecule has 0 atom stereocenters. The van der Waals surface area contributed by atoms with Crippen molar-refractivity contribution in [2.75, 3.05) is 0 Å². The standard InChI is InChI=1S/C13H13O2/c14-12-7-4-8-13(9-12)15-10-11-5-2-1-3-6-11/h1-3,5-9,14H,4,10H2. The second-order valence-corrected chi connectivity index (χ2v) is 3.39. The fourth-order valence-corrected chi connectivity index (χ4v) is 1.40. The normalized spacial score (nSPS) is 15.5. The van der Waals surface area contributed by atoms with E-state index >= 15 is 0 Å². The van der Waals surface area contributed by atoms with Crippen LogP contribution in [0.25, 0.3) is 0 Å². The molecule has 0 aromatic heterocycles. The zero-order valence-corrected chi connectivity index (χ0v) is 8.39. The summed E-state index contributed by atoms with van der Waals surface area (Å²) < 4.78 is 5.54. The molecule has 1 aromatic rings. The highest BCUT2D eigenvalue weighted by molar-refractivity contribution is 5.26. The van der Waals surface area contributed by atoms with E-state index in [-0.39, 0.29) is 5.76 Å². The Balaban J connectivity index is 1.92. The first-order valence-corrected chi connectivity index (χ1v) is 4.95. The Kier molecular flexibility index (Phi) is 3.08. The number of aliphatic hydroxyl groups is 1. The number of hydrogen-bond donors (Lipinski definition) is 1. The fourth-order valence-electron chi connectivity index (χ4n) is 1.40. The van der Waals surface area contributed by atoms with Crippen LogP contribution in [0, 0.1) is 6.42 Å². The average Bonchev–Trinajstić information content (AvgIpc) is 2.28. The second kappa shape index (κ2) is 4.69. The minimum Gasteiger partial charge on any atom is -0.512 e. The van der Waals surface area contributed by atoms with Crippen molar-refractivity contribution in [3.05, 3.63) is 66.0 Å². The van der Waals surface area contributed by atoms with Crippen molar-refractivity contribution >= 4 is 0 Å². The van der Waals surface area contributed by atoms with Crippen LogP contribution in [0.5, 0.6) is 0 Å². The van der Waals surface area contributed by atoms with Crippen LogP contribution in [-0.4, -0.2) is 5.11 Å². The Morgan fingerprint density at radius 2 is 2.00 bits per heavy atom. The van der Waals surface area contributed by atoms with Gasteiger partial charge in [0.05, 0.1) is 0 Å². The van der Waals surface area contributed by atoms with Gasteiger partial charge in [-0.25, -0.2) is 0 Å². The van der Waals surface area contributed by atoms with Crippen molar-refractivity contribution in [1.29, 1.82) is 0 Å². The van der Waals surface area contributed by atoms with Crippen molar-refractivity contribution < 1.29 is 9.84 Å². The summed E-state index contributed by atoms with van der Waals surface area (Å²) >= 11 is 0. The molecule has 1 aromatic carbocycles. The topological polar surface area (TPSA) is 29.5 Å². The number of allylic oxidation sites excluding steroid dienone is 3. The van der Waals surface area contributed by atoms with Gasteiger partial charge in [-0.05, 0) is 18.1 Å². The smallest absolute Gasteiger partial charge is 0.119 e. The van der Waals surface area contributed by atoms with Crippen LogP contribution < -0.4 is 0 Å². The highest BCUT2D eigenvalue weighted by Gasteiger charge is 2.04. The molecule has 1 N–H and O–H groups in total. The third kappa shape index (κ3) is 2.88. The van der Waals surface area contributed by atoms with Crippen LogP contribution in [-0.2, 0) is 11.3 Å². The highest BCUT2D eigenvalue weighted by Crippen LogP contribution is 2.16. The first kappa shape index (κ1) is 9.84. The quantitative estimate of drug-likeness (QED) is 0.814. The molecule has 77 valence electrons. The first-order valence-electron chi connectivity index (χ1n) is 4.95. The molecule has 0 saturated heterocycles. The molecule has 0 bridgehead atoms. The van der Waals surface area contributed by atoms with E-state index in [1.807, 2.05) is 36.4 Å². The lowest BCUT2D eigenvalue weighted by atomic mass is 10.1. The third-order valence-corrected chi connectivity index (χ3v) is 2.18. The minimum atomic E-state index is 0.278. The van der Waals surface area contributed by atoms with E-state index in [1.54, 1.807) is 12.5 Å². The van der Waals surface area contributed by atoms with E-state index in [1.165, 1.54) is 0 Å².